The molecule has 2 aromatic heterocycles. The molecule has 0 N–H and O–H groups in total. The van der Waals surface area contributed by atoms with E-state index >= 15 is 0 Å². The zero-order valence-corrected chi connectivity index (χ0v) is 30.1. The van der Waals surface area contributed by atoms with Crippen molar-refractivity contribution in [2.75, 3.05) is 0 Å². The van der Waals surface area contributed by atoms with E-state index in [0.717, 1.165) is 11.2 Å². The molecule has 0 bridgehead atoms. The van der Waals surface area contributed by atoms with Crippen molar-refractivity contribution in [3.8, 4) is 33.4 Å². The molecule has 11 aromatic rings. The average molecular weight is 693 g/mol. The Morgan fingerprint density at radius 2 is 1.02 bits per heavy atom. The summed E-state index contributed by atoms with van der Waals surface area (Å²) in [5.74, 6) is 0. The summed E-state index contributed by atoms with van der Waals surface area (Å²) in [7, 11) is 0. The molecule has 2 heteroatoms. The molecule has 248 valence electrons. The van der Waals surface area contributed by atoms with E-state index in [1.807, 2.05) is 17.4 Å². The number of hydrogen-bond acceptors (Lipinski definition) is 2. The number of furan rings is 1. The molecule has 0 atom stereocenters. The van der Waals surface area contributed by atoms with Gasteiger partial charge in [0.05, 0.1) is 0 Å². The second kappa shape index (κ2) is 10.4. The van der Waals surface area contributed by atoms with E-state index in [9.17, 15) is 0 Å². The van der Waals surface area contributed by atoms with Gasteiger partial charge >= 0.3 is 0 Å². The summed E-state index contributed by atoms with van der Waals surface area (Å²) in [5.41, 5.74) is 12.4. The van der Waals surface area contributed by atoms with Gasteiger partial charge in [-0.05, 0) is 119 Å². The van der Waals surface area contributed by atoms with Crippen LogP contribution in [0.25, 0.3) is 108 Å². The Bertz CT molecular complexity index is 3320. The molecule has 1 aliphatic carbocycles. The van der Waals surface area contributed by atoms with Crippen molar-refractivity contribution in [1.29, 1.82) is 0 Å². The first kappa shape index (κ1) is 29.4. The van der Waals surface area contributed by atoms with Gasteiger partial charge in [-0.25, -0.2) is 0 Å². The third kappa shape index (κ3) is 3.96. The van der Waals surface area contributed by atoms with Gasteiger partial charge in [-0.2, -0.15) is 0 Å². The molecule has 0 aliphatic heterocycles. The zero-order valence-electron chi connectivity index (χ0n) is 29.3. The van der Waals surface area contributed by atoms with Crippen LogP contribution in [-0.4, -0.2) is 0 Å². The van der Waals surface area contributed by atoms with E-state index in [-0.39, 0.29) is 5.41 Å². The summed E-state index contributed by atoms with van der Waals surface area (Å²) in [5, 5.41) is 12.6. The smallest absolute Gasteiger partial charge is 0.136 e. The van der Waals surface area contributed by atoms with Crippen molar-refractivity contribution in [2.45, 2.75) is 19.3 Å². The number of rotatable bonds is 2. The fraction of sp³-hybridized carbons (Fsp3) is 0.0588. The summed E-state index contributed by atoms with van der Waals surface area (Å²) in [4.78, 5) is 0. The highest BCUT2D eigenvalue weighted by Crippen LogP contribution is 2.52. The van der Waals surface area contributed by atoms with Gasteiger partial charge in [-0.1, -0.05) is 129 Å². The van der Waals surface area contributed by atoms with Gasteiger partial charge < -0.3 is 4.42 Å². The Hall–Kier alpha value is -6.22. The Labute approximate surface area is 310 Å². The van der Waals surface area contributed by atoms with Crippen molar-refractivity contribution in [3.05, 3.63) is 169 Å². The lowest BCUT2D eigenvalue weighted by atomic mass is 9.80. The van der Waals surface area contributed by atoms with Crippen LogP contribution in [0.4, 0.5) is 0 Å². The number of fused-ring (bicyclic) bond motifs is 13. The zero-order chi connectivity index (χ0) is 35.0. The van der Waals surface area contributed by atoms with E-state index in [0.29, 0.717) is 0 Å². The van der Waals surface area contributed by atoms with Gasteiger partial charge in [0.1, 0.15) is 11.2 Å². The van der Waals surface area contributed by atoms with Crippen LogP contribution >= 0.6 is 11.3 Å². The van der Waals surface area contributed by atoms with Crippen molar-refractivity contribution in [1.82, 2.24) is 0 Å². The second-order valence-electron chi connectivity index (χ2n) is 15.2. The number of thiophene rings is 1. The number of para-hydroxylation sites is 1. The molecule has 53 heavy (non-hydrogen) atoms. The average Bonchev–Trinajstić information content (AvgIpc) is 3.83. The molecular formula is C51H32OS. The van der Waals surface area contributed by atoms with Gasteiger partial charge in [-0.3, -0.25) is 0 Å². The Balaban J connectivity index is 1.11. The molecule has 0 spiro atoms. The Kier molecular flexibility index (Phi) is 5.78. The minimum Gasteiger partial charge on any atom is -0.456 e. The van der Waals surface area contributed by atoms with E-state index in [1.165, 1.54) is 108 Å². The van der Waals surface area contributed by atoms with Crippen LogP contribution in [0.2, 0.25) is 0 Å². The largest absolute Gasteiger partial charge is 0.456 e. The van der Waals surface area contributed by atoms with E-state index in [2.05, 4.69) is 166 Å². The molecule has 0 saturated carbocycles. The van der Waals surface area contributed by atoms with Crippen LogP contribution in [0.5, 0.6) is 0 Å². The molecule has 2 heterocycles. The van der Waals surface area contributed by atoms with Crippen molar-refractivity contribution in [2.24, 2.45) is 0 Å². The SMILES string of the molecule is CC1(C)c2ccccc2-c2ccc(-c3c4ccccc4c(-c4ccc5sc6cc7ccc8oc9ccccc9c8c7cc6c5c4)c4ccccc34)cc21. The van der Waals surface area contributed by atoms with Gasteiger partial charge in [-0.15, -0.1) is 11.3 Å². The predicted molar refractivity (Wildman–Crippen MR) is 228 cm³/mol. The van der Waals surface area contributed by atoms with Crippen molar-refractivity contribution < 1.29 is 4.42 Å². The van der Waals surface area contributed by atoms with Crippen LogP contribution in [0, 0.1) is 0 Å². The minimum atomic E-state index is -0.0615. The first-order chi connectivity index (χ1) is 26.0. The maximum Gasteiger partial charge on any atom is 0.136 e. The Morgan fingerprint density at radius 1 is 0.415 bits per heavy atom. The monoisotopic (exact) mass is 692 g/mol. The van der Waals surface area contributed by atoms with Crippen LogP contribution in [0.3, 0.4) is 0 Å². The lowest BCUT2D eigenvalue weighted by molar-refractivity contribution is 0.660. The van der Waals surface area contributed by atoms with Crippen molar-refractivity contribution >= 4 is 85.8 Å². The van der Waals surface area contributed by atoms with Crippen LogP contribution in [0.1, 0.15) is 25.0 Å². The van der Waals surface area contributed by atoms with Gasteiger partial charge in [0, 0.05) is 36.4 Å². The molecule has 0 unspecified atom stereocenters. The van der Waals surface area contributed by atoms with Gasteiger partial charge in [0.15, 0.2) is 0 Å². The lowest BCUT2D eigenvalue weighted by Crippen LogP contribution is -2.14. The van der Waals surface area contributed by atoms with Crippen LogP contribution in [-0.2, 0) is 5.41 Å². The highest BCUT2D eigenvalue weighted by Gasteiger charge is 2.35. The summed E-state index contributed by atoms with van der Waals surface area (Å²) < 4.78 is 8.90. The standard InChI is InChI=1S/C51H32OS/c1-51(2)42-17-9-7-11-32(42)33-22-19-31(26-43(33)51)49-36-14-5-3-12-34(36)48(35-13-4-6-15-37(35)49)30-21-24-46-40(25-30)41-28-39-29(27-47(41)53-46)20-23-45-50(39)38-16-8-10-18-44(38)52-45/h3-28H,1-2H3. The van der Waals surface area contributed by atoms with E-state index in [4.69, 9.17) is 4.42 Å². The lowest BCUT2D eigenvalue weighted by Gasteiger charge is -2.23. The number of hydrogen-bond donors (Lipinski definition) is 0. The van der Waals surface area contributed by atoms with Crippen molar-refractivity contribution in [3.63, 3.8) is 0 Å². The molecular weight excluding hydrogens is 661 g/mol. The molecule has 12 rings (SSSR count). The van der Waals surface area contributed by atoms with Crippen LogP contribution in [0.15, 0.2) is 162 Å². The highest BCUT2D eigenvalue weighted by molar-refractivity contribution is 7.25. The maximum atomic E-state index is 6.29. The summed E-state index contributed by atoms with van der Waals surface area (Å²) in [6, 6.07) is 58.7. The number of benzene rings is 9. The topological polar surface area (TPSA) is 13.1 Å². The highest BCUT2D eigenvalue weighted by atomic mass is 32.1. The Morgan fingerprint density at radius 3 is 1.77 bits per heavy atom. The predicted octanol–water partition coefficient (Wildman–Crippen LogP) is 15.1. The summed E-state index contributed by atoms with van der Waals surface area (Å²) >= 11 is 1.88. The second-order valence-corrected chi connectivity index (χ2v) is 16.3. The minimum absolute atomic E-state index is 0.0615. The van der Waals surface area contributed by atoms with Gasteiger partial charge in [0.2, 0.25) is 0 Å². The summed E-state index contributed by atoms with van der Waals surface area (Å²) in [6.07, 6.45) is 0. The molecule has 1 aliphatic rings. The maximum absolute atomic E-state index is 6.29. The van der Waals surface area contributed by atoms with Crippen LogP contribution < -0.4 is 0 Å². The fourth-order valence-corrected chi connectivity index (χ4v) is 10.7. The normalized spacial score (nSPS) is 13.6. The third-order valence-electron chi connectivity index (χ3n) is 12.0. The molecule has 1 nitrogen and oxygen atoms in total. The molecule has 0 amide bonds. The fourth-order valence-electron chi connectivity index (χ4n) is 9.58. The quantitative estimate of drug-likeness (QED) is 0.164. The van der Waals surface area contributed by atoms with E-state index in [1.54, 1.807) is 0 Å². The van der Waals surface area contributed by atoms with E-state index < -0.39 is 0 Å². The molecule has 0 radical (unpaired) electrons. The first-order valence-corrected chi connectivity index (χ1v) is 19.2. The van der Waals surface area contributed by atoms with Gasteiger partial charge in [0.25, 0.3) is 0 Å². The summed E-state index contributed by atoms with van der Waals surface area (Å²) in [6.45, 7) is 4.74. The third-order valence-corrected chi connectivity index (χ3v) is 13.2. The molecule has 9 aromatic carbocycles. The molecule has 0 saturated heterocycles. The molecule has 0 fully saturated rings. The first-order valence-electron chi connectivity index (χ1n) is 18.4.